The summed E-state index contributed by atoms with van der Waals surface area (Å²) in [5, 5.41) is 2.61. The first-order chi connectivity index (χ1) is 11.6. The summed E-state index contributed by atoms with van der Waals surface area (Å²) in [6.07, 6.45) is 0. The average molecular weight is 355 g/mol. The first-order valence-corrected chi connectivity index (χ1v) is 8.37. The van der Waals surface area contributed by atoms with E-state index in [0.29, 0.717) is 29.7 Å². The Labute approximate surface area is 142 Å². The smallest absolute Gasteiger partial charge is 0.257 e. The maximum atomic E-state index is 13.4. The number of nitrogens with one attached hydrogen (secondary N) is 1. The molecular formula is C17H16F3NO2S. The van der Waals surface area contributed by atoms with Crippen molar-refractivity contribution in [3.05, 3.63) is 65.5 Å². The summed E-state index contributed by atoms with van der Waals surface area (Å²) in [6.45, 7) is 0.0216. The number of hydrogen-bond donors (Lipinski definition) is 1. The van der Waals surface area contributed by atoms with E-state index in [2.05, 4.69) is 5.32 Å². The van der Waals surface area contributed by atoms with Crippen molar-refractivity contribution in [3.63, 3.8) is 0 Å². The van der Waals surface area contributed by atoms with Gasteiger partial charge in [-0.1, -0.05) is 18.2 Å². The van der Waals surface area contributed by atoms with E-state index in [1.165, 1.54) is 17.8 Å². The van der Waals surface area contributed by atoms with Gasteiger partial charge in [-0.25, -0.2) is 13.2 Å². The molecule has 7 heteroatoms. The van der Waals surface area contributed by atoms with Crippen molar-refractivity contribution in [2.75, 3.05) is 18.9 Å². The van der Waals surface area contributed by atoms with Crippen molar-refractivity contribution >= 4 is 17.7 Å². The number of ether oxygens (including phenoxy) is 1. The Morgan fingerprint density at radius 1 is 1.08 bits per heavy atom. The summed E-state index contributed by atoms with van der Waals surface area (Å²) in [4.78, 5) is 11.6. The van der Waals surface area contributed by atoms with Crippen molar-refractivity contribution in [2.24, 2.45) is 0 Å². The third kappa shape index (κ3) is 5.81. The fourth-order valence-corrected chi connectivity index (χ4v) is 2.69. The lowest BCUT2D eigenvalue weighted by atomic mass is 10.2. The van der Waals surface area contributed by atoms with E-state index in [1.807, 2.05) is 0 Å². The van der Waals surface area contributed by atoms with Gasteiger partial charge in [-0.05, 0) is 23.8 Å². The average Bonchev–Trinajstić information content (AvgIpc) is 2.55. The molecule has 1 N–H and O–H groups in total. The molecule has 3 nitrogen and oxygen atoms in total. The number of thioether (sulfide) groups is 1. The zero-order chi connectivity index (χ0) is 17.4. The van der Waals surface area contributed by atoms with E-state index in [-0.39, 0.29) is 18.2 Å². The Balaban J connectivity index is 1.62. The summed E-state index contributed by atoms with van der Waals surface area (Å²) in [6, 6.07) is 9.39. The Morgan fingerprint density at radius 2 is 1.88 bits per heavy atom. The van der Waals surface area contributed by atoms with Crippen LogP contribution in [0.3, 0.4) is 0 Å². The molecule has 0 saturated carbocycles. The zero-order valence-electron chi connectivity index (χ0n) is 12.7. The molecule has 0 aromatic heterocycles. The van der Waals surface area contributed by atoms with Gasteiger partial charge >= 0.3 is 0 Å². The number of rotatable bonds is 8. The molecule has 2 aromatic carbocycles. The molecule has 0 atom stereocenters. The van der Waals surface area contributed by atoms with Gasteiger partial charge in [0.15, 0.2) is 18.2 Å². The lowest BCUT2D eigenvalue weighted by Gasteiger charge is -2.08. The highest BCUT2D eigenvalue weighted by molar-refractivity contribution is 7.98. The van der Waals surface area contributed by atoms with Crippen LogP contribution in [0.4, 0.5) is 13.2 Å². The SMILES string of the molecule is O=C(COc1ccc(F)cc1F)NCCSCc1ccccc1F. The monoisotopic (exact) mass is 355 g/mol. The largest absolute Gasteiger partial charge is 0.481 e. The minimum absolute atomic E-state index is 0.180. The molecule has 2 aromatic rings. The number of carbonyl (C=O) groups is 1. The first kappa shape index (κ1) is 18.2. The minimum Gasteiger partial charge on any atom is -0.481 e. The predicted molar refractivity (Wildman–Crippen MR) is 87.4 cm³/mol. The normalized spacial score (nSPS) is 10.5. The van der Waals surface area contributed by atoms with Gasteiger partial charge in [-0.15, -0.1) is 0 Å². The van der Waals surface area contributed by atoms with Crippen LogP contribution in [0.15, 0.2) is 42.5 Å². The molecule has 0 saturated heterocycles. The highest BCUT2D eigenvalue weighted by Crippen LogP contribution is 2.17. The number of benzene rings is 2. The van der Waals surface area contributed by atoms with E-state index in [4.69, 9.17) is 4.74 Å². The predicted octanol–water partition coefficient (Wildman–Crippen LogP) is 3.53. The second-order valence-electron chi connectivity index (χ2n) is 4.86. The van der Waals surface area contributed by atoms with Crippen molar-refractivity contribution in [1.82, 2.24) is 5.32 Å². The number of amides is 1. The topological polar surface area (TPSA) is 38.3 Å². The summed E-state index contributed by atoms with van der Waals surface area (Å²) in [5.74, 6) is -1.29. The van der Waals surface area contributed by atoms with Crippen LogP contribution < -0.4 is 10.1 Å². The second-order valence-corrected chi connectivity index (χ2v) is 5.96. The fourth-order valence-electron chi connectivity index (χ4n) is 1.85. The van der Waals surface area contributed by atoms with Gasteiger partial charge < -0.3 is 10.1 Å². The zero-order valence-corrected chi connectivity index (χ0v) is 13.5. The maximum absolute atomic E-state index is 13.4. The molecule has 0 aliphatic carbocycles. The minimum atomic E-state index is -0.858. The molecule has 1 amide bonds. The molecule has 0 unspecified atom stereocenters. The fraction of sp³-hybridized carbons (Fsp3) is 0.235. The molecule has 2 rings (SSSR count). The molecule has 128 valence electrons. The van der Waals surface area contributed by atoms with Gasteiger partial charge in [-0.3, -0.25) is 4.79 Å². The van der Waals surface area contributed by atoms with Crippen LogP contribution >= 0.6 is 11.8 Å². The lowest BCUT2D eigenvalue weighted by molar-refractivity contribution is -0.123. The van der Waals surface area contributed by atoms with Crippen molar-refractivity contribution in [3.8, 4) is 5.75 Å². The van der Waals surface area contributed by atoms with Crippen LogP contribution in [0.2, 0.25) is 0 Å². The third-order valence-electron chi connectivity index (χ3n) is 3.04. The molecule has 0 radical (unpaired) electrons. The quantitative estimate of drug-likeness (QED) is 0.736. The van der Waals surface area contributed by atoms with E-state index in [0.717, 1.165) is 12.1 Å². The van der Waals surface area contributed by atoms with Gasteiger partial charge in [0.05, 0.1) is 0 Å². The highest BCUT2D eigenvalue weighted by Gasteiger charge is 2.08. The van der Waals surface area contributed by atoms with Gasteiger partial charge in [-0.2, -0.15) is 11.8 Å². The Bertz CT molecular complexity index is 697. The number of hydrogen-bond acceptors (Lipinski definition) is 3. The van der Waals surface area contributed by atoms with Crippen molar-refractivity contribution in [2.45, 2.75) is 5.75 Å². The molecular weight excluding hydrogens is 339 g/mol. The van der Waals surface area contributed by atoms with E-state index in [9.17, 15) is 18.0 Å². The molecule has 0 aliphatic rings. The standard InChI is InChI=1S/C17H16F3NO2S/c18-13-5-6-16(15(20)9-13)23-10-17(22)21-7-8-24-11-12-3-1-2-4-14(12)19/h1-6,9H,7-8,10-11H2,(H,21,22). The second kappa shape index (κ2) is 9.22. The van der Waals surface area contributed by atoms with Gasteiger partial charge in [0, 0.05) is 24.1 Å². The lowest BCUT2D eigenvalue weighted by Crippen LogP contribution is -2.30. The van der Waals surface area contributed by atoms with E-state index in [1.54, 1.807) is 18.2 Å². The van der Waals surface area contributed by atoms with Crippen molar-refractivity contribution < 1.29 is 22.7 Å². The van der Waals surface area contributed by atoms with E-state index >= 15 is 0 Å². The molecule has 0 spiro atoms. The molecule has 0 heterocycles. The molecule has 0 fully saturated rings. The summed E-state index contributed by atoms with van der Waals surface area (Å²) in [5.41, 5.74) is 0.615. The van der Waals surface area contributed by atoms with E-state index < -0.39 is 17.5 Å². The van der Waals surface area contributed by atoms with Gasteiger partial charge in [0.1, 0.15) is 11.6 Å². The van der Waals surface area contributed by atoms with Crippen LogP contribution in [-0.2, 0) is 10.5 Å². The van der Waals surface area contributed by atoms with Crippen LogP contribution in [0.1, 0.15) is 5.56 Å². The van der Waals surface area contributed by atoms with Crippen LogP contribution in [0.5, 0.6) is 5.75 Å². The van der Waals surface area contributed by atoms with Crippen LogP contribution in [0, 0.1) is 17.5 Å². The summed E-state index contributed by atoms with van der Waals surface area (Å²) >= 11 is 1.48. The van der Waals surface area contributed by atoms with Crippen molar-refractivity contribution in [1.29, 1.82) is 0 Å². The Kier molecular flexibility index (Phi) is 6.99. The summed E-state index contributed by atoms with van der Waals surface area (Å²) in [7, 11) is 0. The number of carbonyl (C=O) groups excluding carboxylic acids is 1. The summed E-state index contributed by atoms with van der Waals surface area (Å²) < 4.78 is 44.4. The van der Waals surface area contributed by atoms with Gasteiger partial charge in [0.25, 0.3) is 5.91 Å². The highest BCUT2D eigenvalue weighted by atomic mass is 32.2. The number of halogens is 3. The first-order valence-electron chi connectivity index (χ1n) is 7.22. The molecule has 0 aliphatic heterocycles. The Morgan fingerprint density at radius 3 is 2.62 bits per heavy atom. The maximum Gasteiger partial charge on any atom is 0.257 e. The molecule has 0 bridgehead atoms. The van der Waals surface area contributed by atoms with Gasteiger partial charge in [0.2, 0.25) is 0 Å². The van der Waals surface area contributed by atoms with Crippen LogP contribution in [-0.4, -0.2) is 24.8 Å². The molecule has 24 heavy (non-hydrogen) atoms. The Hall–Kier alpha value is -2.15. The van der Waals surface area contributed by atoms with Crippen LogP contribution in [0.25, 0.3) is 0 Å². The third-order valence-corrected chi connectivity index (χ3v) is 4.04.